The second kappa shape index (κ2) is 10.3. The Morgan fingerprint density at radius 1 is 1.12 bits per heavy atom. The van der Waals surface area contributed by atoms with Crippen molar-refractivity contribution in [3.05, 3.63) is 41.7 Å². The molecule has 1 amide bonds. The molecule has 0 aliphatic rings. The molecule has 1 atom stereocenters. The molecule has 0 aliphatic heterocycles. The van der Waals surface area contributed by atoms with Crippen molar-refractivity contribution >= 4 is 34.5 Å². The van der Waals surface area contributed by atoms with Gasteiger partial charge in [-0.1, -0.05) is 6.07 Å². The number of rotatable bonds is 9. The summed E-state index contributed by atoms with van der Waals surface area (Å²) in [4.78, 5) is 31.0. The fourth-order valence-electron chi connectivity index (χ4n) is 3.15. The smallest absolute Gasteiger partial charge is 0.251 e. The number of nitrogens with two attached hydrogens (primary N) is 2. The third-order valence-corrected chi connectivity index (χ3v) is 4.86. The number of nitrogens with zero attached hydrogens (tertiary/aromatic N) is 5. The number of carbonyl (C=O) groups excluding carboxylic acids is 1. The fourth-order valence-corrected chi connectivity index (χ4v) is 3.15. The number of benzene rings is 1. The van der Waals surface area contributed by atoms with Crippen LogP contribution in [0.5, 0.6) is 0 Å². The molecule has 0 bridgehead atoms. The van der Waals surface area contributed by atoms with Gasteiger partial charge >= 0.3 is 0 Å². The van der Waals surface area contributed by atoms with Gasteiger partial charge in [-0.3, -0.25) is 4.79 Å². The zero-order chi connectivity index (χ0) is 24.1. The molecule has 13 nitrogen and oxygen atoms in total. The molecule has 13 heteroatoms. The number of carbonyl (C=O) groups is 1. The van der Waals surface area contributed by atoms with Gasteiger partial charge in [0, 0.05) is 24.7 Å². The Hall–Kier alpha value is -3.65. The molecule has 0 aliphatic carbocycles. The van der Waals surface area contributed by atoms with Gasteiger partial charge in [-0.05, 0) is 24.6 Å². The van der Waals surface area contributed by atoms with E-state index in [1.807, 2.05) is 4.90 Å². The maximum Gasteiger partial charge on any atom is 0.251 e. The van der Waals surface area contributed by atoms with Crippen molar-refractivity contribution in [1.82, 2.24) is 25.3 Å². The Labute approximate surface area is 188 Å². The summed E-state index contributed by atoms with van der Waals surface area (Å²) in [6.45, 7) is 0.337. The number of hydrogen-bond donors (Lipinski definition) is 7. The van der Waals surface area contributed by atoms with Crippen LogP contribution < -0.4 is 21.7 Å². The van der Waals surface area contributed by atoms with Crippen LogP contribution in [0.3, 0.4) is 0 Å². The monoisotopic (exact) mass is 458 g/mol. The summed E-state index contributed by atoms with van der Waals surface area (Å²) in [6.07, 6.45) is -2.07. The van der Waals surface area contributed by atoms with E-state index >= 15 is 0 Å². The molecule has 2 aromatic heterocycles. The first-order valence-electron chi connectivity index (χ1n) is 10.0. The highest BCUT2D eigenvalue weighted by molar-refractivity contribution is 5.95. The van der Waals surface area contributed by atoms with E-state index in [-0.39, 0.29) is 35.8 Å². The van der Waals surface area contributed by atoms with Gasteiger partial charge in [-0.2, -0.15) is 9.97 Å². The highest BCUT2D eigenvalue weighted by atomic mass is 16.5. The average Bonchev–Trinajstić information content (AvgIpc) is 2.75. The number of nitrogens with one attached hydrogen (secondary N) is 1. The predicted octanol–water partition coefficient (Wildman–Crippen LogP) is -1.28. The van der Waals surface area contributed by atoms with Crippen molar-refractivity contribution in [3.8, 4) is 0 Å². The number of amides is 1. The van der Waals surface area contributed by atoms with Gasteiger partial charge in [0.1, 0.15) is 5.52 Å². The lowest BCUT2D eigenvalue weighted by atomic mass is 10.1. The van der Waals surface area contributed by atoms with E-state index in [1.165, 1.54) is 0 Å². The number of fused-ring (bicyclic) bond motifs is 1. The van der Waals surface area contributed by atoms with Crippen LogP contribution >= 0.6 is 0 Å². The molecule has 0 spiro atoms. The number of nitrogen functional groups attached to an aromatic ring is 2. The normalized spacial score (nSPS) is 12.3. The Morgan fingerprint density at radius 3 is 2.58 bits per heavy atom. The predicted molar refractivity (Wildman–Crippen MR) is 119 cm³/mol. The summed E-state index contributed by atoms with van der Waals surface area (Å²) >= 11 is 0. The molecule has 9 N–H and O–H groups in total. The zero-order valence-corrected chi connectivity index (χ0v) is 17.8. The van der Waals surface area contributed by atoms with E-state index in [1.54, 1.807) is 37.5 Å². The highest BCUT2D eigenvalue weighted by Gasteiger charge is 2.21. The number of anilines is 3. The summed E-state index contributed by atoms with van der Waals surface area (Å²) in [5, 5.41) is 39.4. The van der Waals surface area contributed by atoms with Crippen LogP contribution in [0.15, 0.2) is 30.5 Å². The molecule has 176 valence electrons. The van der Waals surface area contributed by atoms with Crippen molar-refractivity contribution in [2.45, 2.75) is 38.0 Å². The summed E-state index contributed by atoms with van der Waals surface area (Å²) < 4.78 is 0. The first kappa shape index (κ1) is 24.0. The van der Waals surface area contributed by atoms with E-state index in [0.29, 0.717) is 23.4 Å². The summed E-state index contributed by atoms with van der Waals surface area (Å²) in [7, 11) is 1.80. The van der Waals surface area contributed by atoms with Crippen LogP contribution in [-0.2, 0) is 6.54 Å². The van der Waals surface area contributed by atoms with Crippen LogP contribution in [0.4, 0.5) is 17.5 Å². The standard InChI is InChI=1S/C20H26N8O5/c1-28(9-11-8-23-15-16(21)26-20(22)27-17(15)24-11)12-4-2-3-10(7-12)18(31)25-13(19(32)33)5-6-14(29)30/h2-4,7-8,13-14,19,29-30,32-33H,5-6,9H2,1H3,(H,25,31)(H4,21,22,24,26,27)/t13-/m0/s1. The molecule has 3 rings (SSSR count). The van der Waals surface area contributed by atoms with Crippen molar-refractivity contribution in [2.75, 3.05) is 23.4 Å². The van der Waals surface area contributed by atoms with Crippen LogP contribution in [0.2, 0.25) is 0 Å². The molecule has 0 radical (unpaired) electrons. The minimum Gasteiger partial charge on any atom is -0.382 e. The van der Waals surface area contributed by atoms with Crippen LogP contribution in [-0.4, -0.2) is 71.9 Å². The largest absolute Gasteiger partial charge is 0.382 e. The Balaban J connectivity index is 1.73. The van der Waals surface area contributed by atoms with Gasteiger partial charge in [0.25, 0.3) is 5.91 Å². The lowest BCUT2D eigenvalue weighted by molar-refractivity contribution is -0.0817. The second-order valence-electron chi connectivity index (χ2n) is 7.46. The molecule has 0 saturated heterocycles. The van der Waals surface area contributed by atoms with E-state index in [0.717, 1.165) is 0 Å². The van der Waals surface area contributed by atoms with Gasteiger partial charge < -0.3 is 42.1 Å². The maximum atomic E-state index is 12.6. The molecule has 0 unspecified atom stereocenters. The van der Waals surface area contributed by atoms with Crippen LogP contribution in [0.1, 0.15) is 28.9 Å². The quantitative estimate of drug-likeness (QED) is 0.187. The zero-order valence-electron chi connectivity index (χ0n) is 17.8. The lowest BCUT2D eigenvalue weighted by Crippen LogP contribution is -2.43. The Kier molecular flexibility index (Phi) is 7.50. The molecular formula is C20H26N8O5. The molecule has 0 saturated carbocycles. The second-order valence-corrected chi connectivity index (χ2v) is 7.46. The van der Waals surface area contributed by atoms with Crippen molar-refractivity contribution in [3.63, 3.8) is 0 Å². The Bertz CT molecular complexity index is 1130. The van der Waals surface area contributed by atoms with Gasteiger partial charge in [0.05, 0.1) is 24.5 Å². The van der Waals surface area contributed by atoms with E-state index in [2.05, 4.69) is 25.3 Å². The molecule has 1 aromatic carbocycles. The van der Waals surface area contributed by atoms with E-state index < -0.39 is 24.5 Å². The number of hydrogen-bond acceptors (Lipinski definition) is 12. The average molecular weight is 458 g/mol. The van der Waals surface area contributed by atoms with E-state index in [4.69, 9.17) is 21.7 Å². The van der Waals surface area contributed by atoms with Crippen LogP contribution in [0.25, 0.3) is 11.2 Å². The highest BCUT2D eigenvalue weighted by Crippen LogP contribution is 2.19. The van der Waals surface area contributed by atoms with Crippen molar-refractivity contribution in [1.29, 1.82) is 0 Å². The summed E-state index contributed by atoms with van der Waals surface area (Å²) in [6, 6.07) is 5.62. The summed E-state index contributed by atoms with van der Waals surface area (Å²) in [5.41, 5.74) is 13.6. The topological polar surface area (TPSA) is 217 Å². The Morgan fingerprint density at radius 2 is 1.88 bits per heavy atom. The number of aliphatic hydroxyl groups excluding tert-OH is 2. The third-order valence-electron chi connectivity index (χ3n) is 4.86. The summed E-state index contributed by atoms with van der Waals surface area (Å²) in [5.74, 6) is -0.398. The van der Waals surface area contributed by atoms with Crippen LogP contribution in [0, 0.1) is 0 Å². The number of aliphatic hydroxyl groups is 4. The van der Waals surface area contributed by atoms with Gasteiger partial charge in [-0.25, -0.2) is 9.97 Å². The molecule has 0 fully saturated rings. The SMILES string of the molecule is CN(Cc1cnc2c(N)nc(N)nc2n1)c1cccc(C(=O)N[C@@H](CCC(O)O)C(O)O)c1. The first-order valence-corrected chi connectivity index (χ1v) is 10.0. The molecule has 3 aromatic rings. The van der Waals surface area contributed by atoms with Gasteiger partial charge in [0.2, 0.25) is 5.95 Å². The number of aromatic nitrogens is 4. The third kappa shape index (κ3) is 6.20. The molecular weight excluding hydrogens is 432 g/mol. The first-order chi connectivity index (χ1) is 15.6. The fraction of sp³-hybridized carbons (Fsp3) is 0.350. The molecule has 2 heterocycles. The maximum absolute atomic E-state index is 12.6. The minimum absolute atomic E-state index is 0.00156. The minimum atomic E-state index is -1.85. The van der Waals surface area contributed by atoms with Gasteiger partial charge in [-0.15, -0.1) is 0 Å². The van der Waals surface area contributed by atoms with E-state index in [9.17, 15) is 15.0 Å². The van der Waals surface area contributed by atoms with Gasteiger partial charge in [0.15, 0.2) is 24.0 Å². The molecule has 33 heavy (non-hydrogen) atoms. The lowest BCUT2D eigenvalue weighted by Gasteiger charge is -2.22. The van der Waals surface area contributed by atoms with Crippen molar-refractivity contribution < 1.29 is 25.2 Å². The van der Waals surface area contributed by atoms with Crippen molar-refractivity contribution in [2.24, 2.45) is 0 Å².